The molecular weight excluding hydrogens is 203 g/mol. The van der Waals surface area contributed by atoms with E-state index in [4.69, 9.17) is 0 Å². The van der Waals surface area contributed by atoms with Gasteiger partial charge in [-0.3, -0.25) is 0 Å². The summed E-state index contributed by atoms with van der Waals surface area (Å²) in [4.78, 5) is 4.59. The lowest BCUT2D eigenvalue weighted by atomic mass is 9.84. The molecule has 0 saturated heterocycles. The number of halogens is 1. The van der Waals surface area contributed by atoms with Crippen molar-refractivity contribution < 1.29 is 4.39 Å². The van der Waals surface area contributed by atoms with E-state index in [9.17, 15) is 4.39 Å². The van der Waals surface area contributed by atoms with Gasteiger partial charge in [-0.1, -0.05) is 13.8 Å². The summed E-state index contributed by atoms with van der Waals surface area (Å²) in [5.41, 5.74) is 3.22. The molecule has 2 aromatic heterocycles. The topological polar surface area (TPSA) is 17.3 Å². The van der Waals surface area contributed by atoms with E-state index in [0.717, 1.165) is 24.2 Å². The average Bonchev–Trinajstić information content (AvgIpc) is 2.54. The third kappa shape index (κ3) is 1.34. The van der Waals surface area contributed by atoms with Crippen LogP contribution >= 0.6 is 0 Å². The minimum absolute atomic E-state index is 0.196. The maximum atomic E-state index is 13.2. The number of pyridine rings is 1. The monoisotopic (exact) mass is 218 g/mol. The normalized spacial score (nSPS) is 24.7. The molecule has 3 rings (SSSR count). The molecule has 0 aromatic carbocycles. The Labute approximate surface area is 94.1 Å². The molecule has 2 atom stereocenters. The van der Waals surface area contributed by atoms with Crippen molar-refractivity contribution in [3.05, 3.63) is 35.5 Å². The Morgan fingerprint density at radius 2 is 2.19 bits per heavy atom. The summed E-state index contributed by atoms with van der Waals surface area (Å²) in [6.45, 7) is 4.46. The Bertz CT molecular complexity index is 544. The number of rotatable bonds is 0. The number of hydrogen-bond acceptors (Lipinski definition) is 1. The van der Waals surface area contributed by atoms with Crippen molar-refractivity contribution in [1.29, 1.82) is 0 Å². The van der Waals surface area contributed by atoms with Gasteiger partial charge in [-0.25, -0.2) is 9.37 Å². The van der Waals surface area contributed by atoms with Crippen LogP contribution in [0, 0.1) is 11.7 Å². The predicted molar refractivity (Wildman–Crippen MR) is 61.1 cm³/mol. The van der Waals surface area contributed by atoms with Gasteiger partial charge in [-0.05, 0) is 36.8 Å². The summed E-state index contributed by atoms with van der Waals surface area (Å²) < 4.78 is 15.2. The van der Waals surface area contributed by atoms with Crippen molar-refractivity contribution >= 4 is 5.65 Å². The molecule has 0 aliphatic heterocycles. The van der Waals surface area contributed by atoms with Crippen molar-refractivity contribution in [2.24, 2.45) is 5.92 Å². The molecule has 0 spiro atoms. The number of nitrogens with zero attached hydrogens (tertiary/aromatic N) is 2. The first-order valence-electron chi connectivity index (χ1n) is 5.81. The molecule has 1 aliphatic rings. The highest BCUT2D eigenvalue weighted by atomic mass is 19.1. The molecule has 2 heterocycles. The van der Waals surface area contributed by atoms with Crippen molar-refractivity contribution in [1.82, 2.24) is 9.38 Å². The number of fused-ring (bicyclic) bond motifs is 3. The quantitative estimate of drug-likeness (QED) is 0.664. The third-order valence-corrected chi connectivity index (χ3v) is 3.46. The Morgan fingerprint density at radius 1 is 1.38 bits per heavy atom. The van der Waals surface area contributed by atoms with E-state index >= 15 is 0 Å². The summed E-state index contributed by atoms with van der Waals surface area (Å²) in [6, 6.07) is 3.23. The van der Waals surface area contributed by atoms with Gasteiger partial charge >= 0.3 is 0 Å². The van der Waals surface area contributed by atoms with Crippen LogP contribution in [0.4, 0.5) is 4.39 Å². The molecule has 2 nitrogen and oxygen atoms in total. The fourth-order valence-electron chi connectivity index (χ4n) is 2.89. The van der Waals surface area contributed by atoms with Gasteiger partial charge in [0.15, 0.2) is 0 Å². The largest absolute Gasteiger partial charge is 0.301 e. The van der Waals surface area contributed by atoms with Crippen LogP contribution in [-0.4, -0.2) is 9.38 Å². The predicted octanol–water partition coefficient (Wildman–Crippen LogP) is 3.16. The highest BCUT2D eigenvalue weighted by Crippen LogP contribution is 2.34. The first kappa shape index (κ1) is 9.82. The summed E-state index contributed by atoms with van der Waals surface area (Å²) in [5.74, 6) is 0.950. The van der Waals surface area contributed by atoms with Crippen molar-refractivity contribution in [3.63, 3.8) is 0 Å². The molecule has 2 aromatic rings. The molecule has 0 fully saturated rings. The lowest BCUT2D eigenvalue weighted by Gasteiger charge is -2.23. The molecular formula is C13H15FN2. The summed E-state index contributed by atoms with van der Waals surface area (Å²) >= 11 is 0. The first-order chi connectivity index (χ1) is 7.65. The zero-order valence-corrected chi connectivity index (χ0v) is 9.57. The molecule has 16 heavy (non-hydrogen) atoms. The van der Waals surface area contributed by atoms with E-state index in [1.807, 2.05) is 4.40 Å². The SMILES string of the molecule is CC1Cc2nc3ccc(F)cn3c2C(C)C1. The average molecular weight is 218 g/mol. The van der Waals surface area contributed by atoms with Crippen molar-refractivity contribution in [2.45, 2.75) is 32.6 Å². The molecule has 2 unspecified atom stereocenters. The van der Waals surface area contributed by atoms with Crippen LogP contribution in [0.2, 0.25) is 0 Å². The number of aromatic nitrogens is 2. The zero-order valence-electron chi connectivity index (χ0n) is 9.57. The number of hydrogen-bond donors (Lipinski definition) is 0. The van der Waals surface area contributed by atoms with Gasteiger partial charge < -0.3 is 4.40 Å². The fourth-order valence-corrected chi connectivity index (χ4v) is 2.89. The molecule has 0 N–H and O–H groups in total. The Hall–Kier alpha value is -1.38. The minimum Gasteiger partial charge on any atom is -0.301 e. The van der Waals surface area contributed by atoms with Crippen LogP contribution in [-0.2, 0) is 6.42 Å². The summed E-state index contributed by atoms with van der Waals surface area (Å²) in [7, 11) is 0. The minimum atomic E-state index is -0.196. The summed E-state index contributed by atoms with van der Waals surface area (Å²) in [5, 5.41) is 0. The Morgan fingerprint density at radius 3 is 3.00 bits per heavy atom. The maximum Gasteiger partial charge on any atom is 0.139 e. The van der Waals surface area contributed by atoms with Crippen LogP contribution in [0.5, 0.6) is 0 Å². The highest BCUT2D eigenvalue weighted by Gasteiger charge is 2.26. The zero-order chi connectivity index (χ0) is 11.3. The van der Waals surface area contributed by atoms with Gasteiger partial charge in [0.05, 0.1) is 5.69 Å². The molecule has 0 amide bonds. The van der Waals surface area contributed by atoms with Gasteiger partial charge in [0.25, 0.3) is 0 Å². The van der Waals surface area contributed by atoms with E-state index < -0.39 is 0 Å². The van der Waals surface area contributed by atoms with Crippen LogP contribution < -0.4 is 0 Å². The van der Waals surface area contributed by atoms with E-state index in [2.05, 4.69) is 18.8 Å². The molecule has 3 heteroatoms. The smallest absolute Gasteiger partial charge is 0.139 e. The van der Waals surface area contributed by atoms with Gasteiger partial charge in [0, 0.05) is 11.9 Å². The molecule has 0 bridgehead atoms. The fraction of sp³-hybridized carbons (Fsp3) is 0.462. The molecule has 0 saturated carbocycles. The maximum absolute atomic E-state index is 13.2. The van der Waals surface area contributed by atoms with E-state index in [1.165, 1.54) is 11.8 Å². The Kier molecular flexibility index (Phi) is 2.03. The van der Waals surface area contributed by atoms with E-state index in [1.54, 1.807) is 12.3 Å². The van der Waals surface area contributed by atoms with Gasteiger partial charge in [0.1, 0.15) is 11.5 Å². The van der Waals surface area contributed by atoms with Crippen LogP contribution in [0.25, 0.3) is 5.65 Å². The number of imidazole rings is 1. The third-order valence-electron chi connectivity index (χ3n) is 3.46. The second-order valence-electron chi connectivity index (χ2n) is 4.97. The molecule has 1 aliphatic carbocycles. The lowest BCUT2D eigenvalue weighted by molar-refractivity contribution is 0.437. The van der Waals surface area contributed by atoms with Gasteiger partial charge in [-0.2, -0.15) is 0 Å². The lowest BCUT2D eigenvalue weighted by Crippen LogP contribution is -2.15. The first-order valence-corrected chi connectivity index (χ1v) is 5.81. The molecule has 0 radical (unpaired) electrons. The van der Waals surface area contributed by atoms with Crippen LogP contribution in [0.15, 0.2) is 18.3 Å². The van der Waals surface area contributed by atoms with Crippen molar-refractivity contribution in [2.75, 3.05) is 0 Å². The Balaban J connectivity index is 2.27. The van der Waals surface area contributed by atoms with Crippen LogP contribution in [0.3, 0.4) is 0 Å². The summed E-state index contributed by atoms with van der Waals surface area (Å²) in [6.07, 6.45) is 3.73. The second-order valence-corrected chi connectivity index (χ2v) is 4.97. The van der Waals surface area contributed by atoms with E-state index in [-0.39, 0.29) is 5.82 Å². The van der Waals surface area contributed by atoms with Gasteiger partial charge in [0.2, 0.25) is 0 Å². The molecule has 84 valence electrons. The van der Waals surface area contributed by atoms with Crippen LogP contribution in [0.1, 0.15) is 37.6 Å². The standard InChI is InChI=1S/C13H15FN2/c1-8-5-9(2)13-11(6-8)15-12-4-3-10(14)7-16(12)13/h3-4,7-9H,5-6H2,1-2H3. The highest BCUT2D eigenvalue weighted by molar-refractivity contribution is 5.45. The second kappa shape index (κ2) is 3.30. The van der Waals surface area contributed by atoms with Gasteiger partial charge in [-0.15, -0.1) is 0 Å². The van der Waals surface area contributed by atoms with E-state index in [0.29, 0.717) is 11.8 Å². The van der Waals surface area contributed by atoms with Crippen molar-refractivity contribution in [3.8, 4) is 0 Å².